The van der Waals surface area contributed by atoms with Crippen molar-refractivity contribution in [3.8, 4) is 0 Å². The van der Waals surface area contributed by atoms with Gasteiger partial charge in [-0.2, -0.15) is 13.2 Å². The van der Waals surface area contributed by atoms with Crippen LogP contribution in [-0.2, 0) is 0 Å². The Kier molecular flexibility index (Phi) is 6.14. The Bertz CT molecular complexity index is 375. The van der Waals surface area contributed by atoms with Gasteiger partial charge < -0.3 is 5.32 Å². The first-order valence-corrected chi connectivity index (χ1v) is 6.74. The number of benzene rings is 1. The SMILES string of the molecule is CC(CCCC(F)(F)F)N[C@H](C)c1ccc(Cl)cc1. The molecule has 1 nitrogen and oxygen atoms in total. The van der Waals surface area contributed by atoms with Crippen LogP contribution in [0.4, 0.5) is 13.2 Å². The average Bonchev–Trinajstić information content (AvgIpc) is 2.27. The molecule has 0 aromatic heterocycles. The lowest BCUT2D eigenvalue weighted by atomic mass is 10.1. The summed E-state index contributed by atoms with van der Waals surface area (Å²) in [5.74, 6) is 0. The number of rotatable bonds is 6. The molecule has 1 aromatic rings. The second-order valence-electron chi connectivity index (χ2n) is 4.85. The molecule has 0 amide bonds. The summed E-state index contributed by atoms with van der Waals surface area (Å²) in [6.07, 6.45) is -4.10. The summed E-state index contributed by atoms with van der Waals surface area (Å²) in [7, 11) is 0. The first kappa shape index (κ1) is 16.3. The van der Waals surface area contributed by atoms with Crippen molar-refractivity contribution in [2.24, 2.45) is 0 Å². The standard InChI is InChI=1S/C14H19ClF3N/c1-10(4-3-9-14(16,17)18)19-11(2)12-5-7-13(15)8-6-12/h5-8,10-11,19H,3-4,9H2,1-2H3/t10?,11-/m1/s1. The zero-order valence-electron chi connectivity index (χ0n) is 11.1. The highest BCUT2D eigenvalue weighted by molar-refractivity contribution is 6.30. The van der Waals surface area contributed by atoms with Gasteiger partial charge in [0.2, 0.25) is 0 Å². The number of halogens is 4. The molecule has 0 aliphatic carbocycles. The van der Waals surface area contributed by atoms with Crippen molar-refractivity contribution < 1.29 is 13.2 Å². The maximum atomic E-state index is 12.0. The van der Waals surface area contributed by atoms with Crippen LogP contribution in [-0.4, -0.2) is 12.2 Å². The van der Waals surface area contributed by atoms with E-state index in [0.29, 0.717) is 11.4 Å². The first-order valence-electron chi connectivity index (χ1n) is 6.36. The molecule has 5 heteroatoms. The van der Waals surface area contributed by atoms with Crippen molar-refractivity contribution in [2.75, 3.05) is 0 Å². The van der Waals surface area contributed by atoms with Gasteiger partial charge in [-0.3, -0.25) is 0 Å². The van der Waals surface area contributed by atoms with Crippen LogP contribution in [0.3, 0.4) is 0 Å². The number of alkyl halides is 3. The van der Waals surface area contributed by atoms with Crippen LogP contribution in [0.1, 0.15) is 44.7 Å². The van der Waals surface area contributed by atoms with Gasteiger partial charge in [0.25, 0.3) is 0 Å². The molecule has 1 aromatic carbocycles. The topological polar surface area (TPSA) is 12.0 Å². The van der Waals surface area contributed by atoms with Crippen LogP contribution >= 0.6 is 11.6 Å². The molecule has 0 aliphatic rings. The molecule has 0 radical (unpaired) electrons. The summed E-state index contributed by atoms with van der Waals surface area (Å²) in [6, 6.07) is 7.60. The second kappa shape index (κ2) is 7.15. The van der Waals surface area contributed by atoms with Crippen LogP contribution in [0.25, 0.3) is 0 Å². The lowest BCUT2D eigenvalue weighted by molar-refractivity contribution is -0.135. The lowest BCUT2D eigenvalue weighted by Crippen LogP contribution is -2.29. The fourth-order valence-electron chi connectivity index (χ4n) is 1.97. The molecule has 1 unspecified atom stereocenters. The zero-order chi connectivity index (χ0) is 14.5. The molecule has 1 rings (SSSR count). The smallest absolute Gasteiger partial charge is 0.308 e. The van der Waals surface area contributed by atoms with E-state index in [1.54, 1.807) is 0 Å². The molecule has 108 valence electrons. The van der Waals surface area contributed by atoms with Gasteiger partial charge in [0.05, 0.1) is 0 Å². The lowest BCUT2D eigenvalue weighted by Gasteiger charge is -2.20. The fourth-order valence-corrected chi connectivity index (χ4v) is 2.09. The van der Waals surface area contributed by atoms with Gasteiger partial charge in [0.1, 0.15) is 0 Å². The summed E-state index contributed by atoms with van der Waals surface area (Å²) in [4.78, 5) is 0. The highest BCUT2D eigenvalue weighted by Crippen LogP contribution is 2.23. The summed E-state index contributed by atoms with van der Waals surface area (Å²) >= 11 is 5.81. The minimum absolute atomic E-state index is 0.0491. The van der Waals surface area contributed by atoms with Gasteiger partial charge in [-0.15, -0.1) is 0 Å². The third-order valence-electron chi connectivity index (χ3n) is 3.00. The van der Waals surface area contributed by atoms with Crippen LogP contribution in [0, 0.1) is 0 Å². The number of hydrogen-bond acceptors (Lipinski definition) is 1. The Balaban J connectivity index is 2.35. The molecule has 0 heterocycles. The first-order chi connectivity index (χ1) is 8.78. The van der Waals surface area contributed by atoms with Crippen LogP contribution in [0.5, 0.6) is 0 Å². The van der Waals surface area contributed by atoms with E-state index in [1.165, 1.54) is 0 Å². The number of hydrogen-bond donors (Lipinski definition) is 1. The zero-order valence-corrected chi connectivity index (χ0v) is 11.9. The van der Waals surface area contributed by atoms with Gasteiger partial charge in [-0.25, -0.2) is 0 Å². The van der Waals surface area contributed by atoms with E-state index in [-0.39, 0.29) is 18.5 Å². The molecule has 0 fully saturated rings. The van der Waals surface area contributed by atoms with Crippen molar-refractivity contribution in [2.45, 2.75) is 51.4 Å². The summed E-state index contributed by atoms with van der Waals surface area (Å²) in [6.45, 7) is 3.90. The van der Waals surface area contributed by atoms with Gasteiger partial charge in [0, 0.05) is 23.5 Å². The molecular formula is C14H19ClF3N. The van der Waals surface area contributed by atoms with Gasteiger partial charge in [0.15, 0.2) is 0 Å². The van der Waals surface area contributed by atoms with E-state index >= 15 is 0 Å². The van der Waals surface area contributed by atoms with E-state index in [9.17, 15) is 13.2 Å². The third kappa shape index (κ3) is 6.83. The molecule has 0 spiro atoms. The quantitative estimate of drug-likeness (QED) is 0.768. The van der Waals surface area contributed by atoms with Crippen molar-refractivity contribution in [3.05, 3.63) is 34.9 Å². The highest BCUT2D eigenvalue weighted by Gasteiger charge is 2.26. The van der Waals surface area contributed by atoms with Gasteiger partial charge in [-0.05, 0) is 44.4 Å². The van der Waals surface area contributed by atoms with Crippen LogP contribution in [0.15, 0.2) is 24.3 Å². The average molecular weight is 294 g/mol. The molecule has 0 bridgehead atoms. The molecule has 0 saturated heterocycles. The Hall–Kier alpha value is -0.740. The molecular weight excluding hydrogens is 275 g/mol. The third-order valence-corrected chi connectivity index (χ3v) is 3.25. The van der Waals surface area contributed by atoms with Crippen molar-refractivity contribution in [1.82, 2.24) is 5.32 Å². The van der Waals surface area contributed by atoms with E-state index < -0.39 is 12.6 Å². The van der Waals surface area contributed by atoms with E-state index in [1.807, 2.05) is 38.1 Å². The molecule has 19 heavy (non-hydrogen) atoms. The maximum absolute atomic E-state index is 12.0. The molecule has 0 saturated carbocycles. The molecule has 1 N–H and O–H groups in total. The number of nitrogens with one attached hydrogen (secondary N) is 1. The van der Waals surface area contributed by atoms with Crippen molar-refractivity contribution in [1.29, 1.82) is 0 Å². The monoisotopic (exact) mass is 293 g/mol. The fraction of sp³-hybridized carbons (Fsp3) is 0.571. The Labute approximate surface area is 117 Å². The minimum Gasteiger partial charge on any atom is -0.308 e. The van der Waals surface area contributed by atoms with Gasteiger partial charge in [-0.1, -0.05) is 23.7 Å². The van der Waals surface area contributed by atoms with Crippen molar-refractivity contribution in [3.63, 3.8) is 0 Å². The Morgan fingerprint density at radius 2 is 1.74 bits per heavy atom. The summed E-state index contributed by atoms with van der Waals surface area (Å²) in [5, 5.41) is 3.97. The Morgan fingerprint density at radius 1 is 1.16 bits per heavy atom. The van der Waals surface area contributed by atoms with Crippen molar-refractivity contribution >= 4 is 11.6 Å². The highest BCUT2D eigenvalue weighted by atomic mass is 35.5. The summed E-state index contributed by atoms with van der Waals surface area (Å²) < 4.78 is 36.1. The predicted octanol–water partition coefficient (Wildman–Crippen LogP) is 5.11. The van der Waals surface area contributed by atoms with Crippen LogP contribution < -0.4 is 5.32 Å². The molecule has 2 atom stereocenters. The van der Waals surface area contributed by atoms with Crippen LogP contribution in [0.2, 0.25) is 5.02 Å². The second-order valence-corrected chi connectivity index (χ2v) is 5.28. The molecule has 0 aliphatic heterocycles. The van der Waals surface area contributed by atoms with E-state index in [0.717, 1.165) is 5.56 Å². The minimum atomic E-state index is -4.05. The summed E-state index contributed by atoms with van der Waals surface area (Å²) in [5.41, 5.74) is 1.08. The Morgan fingerprint density at radius 3 is 2.26 bits per heavy atom. The van der Waals surface area contributed by atoms with E-state index in [4.69, 9.17) is 11.6 Å². The maximum Gasteiger partial charge on any atom is 0.389 e. The normalized spacial score (nSPS) is 15.3. The van der Waals surface area contributed by atoms with E-state index in [2.05, 4.69) is 5.32 Å². The van der Waals surface area contributed by atoms with Gasteiger partial charge >= 0.3 is 6.18 Å². The predicted molar refractivity (Wildman–Crippen MR) is 72.4 cm³/mol. The largest absolute Gasteiger partial charge is 0.389 e.